The molecule has 10 heteroatoms. The molecule has 1 heterocycles. The molecule has 24 heavy (non-hydrogen) atoms. The number of carbonyl (C=O) groups is 2. The molecule has 0 aliphatic carbocycles. The van der Waals surface area contributed by atoms with Crippen molar-refractivity contribution in [1.29, 1.82) is 0 Å². The lowest BCUT2D eigenvalue weighted by molar-refractivity contribution is -0.150. The van der Waals surface area contributed by atoms with E-state index in [1.54, 1.807) is 0 Å². The van der Waals surface area contributed by atoms with Gasteiger partial charge in [-0.2, -0.15) is 0 Å². The minimum Gasteiger partial charge on any atom is -0.481 e. The summed E-state index contributed by atoms with van der Waals surface area (Å²) in [5.74, 6) is -1.66. The summed E-state index contributed by atoms with van der Waals surface area (Å²) in [5, 5.41) is 27.5. The predicted molar refractivity (Wildman–Crippen MR) is 89.7 cm³/mol. The Morgan fingerprint density at radius 2 is 1.96 bits per heavy atom. The maximum Gasteiger partial charge on any atom is 0.451 e. The van der Waals surface area contributed by atoms with Gasteiger partial charge in [0.15, 0.2) is 0 Å². The van der Waals surface area contributed by atoms with Gasteiger partial charge in [-0.15, -0.1) is 0 Å². The van der Waals surface area contributed by atoms with Crippen molar-refractivity contribution in [2.75, 3.05) is 26.2 Å². The molecule has 0 aromatic rings. The quantitative estimate of drug-likeness (QED) is 0.242. The van der Waals surface area contributed by atoms with Crippen LogP contribution >= 0.6 is 0 Å². The summed E-state index contributed by atoms with van der Waals surface area (Å²) in [7, 11) is -1.43. The Hall–Kier alpha value is -1.20. The van der Waals surface area contributed by atoms with Crippen LogP contribution in [0, 0.1) is 11.3 Å². The third-order valence-corrected chi connectivity index (χ3v) is 4.85. The molecule has 1 fully saturated rings. The molecule has 0 bridgehead atoms. The number of likely N-dealkylation sites (tertiary alicyclic amines) is 1. The van der Waals surface area contributed by atoms with Gasteiger partial charge < -0.3 is 37.3 Å². The number of hydrogen-bond acceptors (Lipinski definition) is 7. The summed E-state index contributed by atoms with van der Waals surface area (Å²) in [5.41, 5.74) is 15.8. The number of carboxylic acid groups (broad SMARTS) is 1. The number of nitrogens with two attached hydrogens (primary N) is 3. The van der Waals surface area contributed by atoms with Crippen LogP contribution < -0.4 is 17.2 Å². The van der Waals surface area contributed by atoms with Crippen molar-refractivity contribution in [1.82, 2.24) is 4.90 Å². The number of rotatable bonds is 10. The third kappa shape index (κ3) is 4.90. The molecule has 1 aliphatic rings. The SMILES string of the molecule is NCCC[C@H](N)C(=O)N1CC(CCCB(O)O)C(CN)(C(=O)O)C1. The molecule has 0 saturated carbocycles. The second-order valence-electron chi connectivity index (χ2n) is 6.53. The zero-order valence-corrected chi connectivity index (χ0v) is 13.9. The van der Waals surface area contributed by atoms with Gasteiger partial charge in [-0.3, -0.25) is 9.59 Å². The molecular weight excluding hydrogens is 315 g/mol. The van der Waals surface area contributed by atoms with Crippen molar-refractivity contribution in [3.63, 3.8) is 0 Å². The van der Waals surface area contributed by atoms with Crippen molar-refractivity contribution < 1.29 is 24.7 Å². The normalized spacial score (nSPS) is 24.9. The lowest BCUT2D eigenvalue weighted by atomic mass is 9.73. The van der Waals surface area contributed by atoms with Crippen LogP contribution in [0.4, 0.5) is 0 Å². The Balaban J connectivity index is 2.81. The van der Waals surface area contributed by atoms with E-state index < -0.39 is 24.5 Å². The molecule has 2 unspecified atom stereocenters. The Labute approximate surface area is 142 Å². The zero-order valence-electron chi connectivity index (χ0n) is 13.9. The van der Waals surface area contributed by atoms with E-state index in [0.717, 1.165) is 0 Å². The molecule has 3 atom stereocenters. The molecule has 1 aliphatic heterocycles. The molecule has 0 aromatic heterocycles. The van der Waals surface area contributed by atoms with Crippen LogP contribution in [0.2, 0.25) is 6.32 Å². The molecule has 9 N–H and O–H groups in total. The summed E-state index contributed by atoms with van der Waals surface area (Å²) < 4.78 is 0. The summed E-state index contributed by atoms with van der Waals surface area (Å²) in [6, 6.07) is -0.698. The first kappa shape index (κ1) is 20.8. The van der Waals surface area contributed by atoms with Gasteiger partial charge in [-0.25, -0.2) is 0 Å². The minimum absolute atomic E-state index is 0.0281. The monoisotopic (exact) mass is 344 g/mol. The fourth-order valence-electron chi connectivity index (χ4n) is 3.31. The first-order valence-corrected chi connectivity index (χ1v) is 8.32. The van der Waals surface area contributed by atoms with Crippen LogP contribution in [-0.4, -0.2) is 71.3 Å². The highest BCUT2D eigenvalue weighted by Crippen LogP contribution is 2.39. The van der Waals surface area contributed by atoms with Gasteiger partial charge in [-0.1, -0.05) is 6.42 Å². The highest BCUT2D eigenvalue weighted by atomic mass is 16.4. The number of amides is 1. The standard InChI is InChI=1S/C14H29BN4O5/c16-6-2-4-11(18)12(20)19-7-10(3-1-5-15(23)24)14(8-17,9-19)13(21)22/h10-11,23-24H,1-9,16-18H2,(H,21,22)/t10?,11-,14?/m0/s1. The topological polar surface area (TPSA) is 176 Å². The third-order valence-electron chi connectivity index (χ3n) is 4.85. The molecular formula is C14H29BN4O5. The largest absolute Gasteiger partial charge is 0.481 e. The van der Waals surface area contributed by atoms with Gasteiger partial charge >= 0.3 is 13.1 Å². The predicted octanol–water partition coefficient (Wildman–Crippen LogP) is -2.21. The fraction of sp³-hybridized carbons (Fsp3) is 0.857. The number of nitrogens with zero attached hydrogens (tertiary/aromatic N) is 1. The fourth-order valence-corrected chi connectivity index (χ4v) is 3.31. The van der Waals surface area contributed by atoms with E-state index in [1.807, 2.05) is 0 Å². The number of aliphatic carboxylic acids is 1. The van der Waals surface area contributed by atoms with Crippen LogP contribution in [0.3, 0.4) is 0 Å². The number of hydrogen-bond donors (Lipinski definition) is 6. The van der Waals surface area contributed by atoms with Gasteiger partial charge in [0.25, 0.3) is 0 Å². The van der Waals surface area contributed by atoms with Gasteiger partial charge in [0.05, 0.1) is 6.04 Å². The maximum atomic E-state index is 12.5. The summed E-state index contributed by atoms with van der Waals surface area (Å²) in [6.07, 6.45) is 2.12. The lowest BCUT2D eigenvalue weighted by Crippen LogP contribution is -2.47. The molecule has 0 spiro atoms. The lowest BCUT2D eigenvalue weighted by Gasteiger charge is -2.28. The molecule has 0 radical (unpaired) electrons. The van der Waals surface area contributed by atoms with E-state index in [1.165, 1.54) is 4.90 Å². The Morgan fingerprint density at radius 3 is 2.46 bits per heavy atom. The number of carbonyl (C=O) groups excluding carboxylic acids is 1. The van der Waals surface area contributed by atoms with Crippen molar-refractivity contribution in [3.8, 4) is 0 Å². The molecule has 9 nitrogen and oxygen atoms in total. The molecule has 1 amide bonds. The van der Waals surface area contributed by atoms with E-state index in [-0.39, 0.29) is 37.8 Å². The molecule has 1 saturated heterocycles. The van der Waals surface area contributed by atoms with Gasteiger partial charge in [0.1, 0.15) is 5.41 Å². The minimum atomic E-state index is -1.43. The van der Waals surface area contributed by atoms with E-state index in [9.17, 15) is 14.7 Å². The summed E-state index contributed by atoms with van der Waals surface area (Å²) in [4.78, 5) is 25.7. The van der Waals surface area contributed by atoms with E-state index in [4.69, 9.17) is 27.2 Å². The Morgan fingerprint density at radius 1 is 1.29 bits per heavy atom. The molecule has 138 valence electrons. The van der Waals surface area contributed by atoms with Crippen LogP contribution in [0.25, 0.3) is 0 Å². The highest BCUT2D eigenvalue weighted by Gasteiger charge is 2.52. The second kappa shape index (κ2) is 9.33. The highest BCUT2D eigenvalue weighted by molar-refractivity contribution is 6.40. The van der Waals surface area contributed by atoms with E-state index >= 15 is 0 Å². The Kier molecular flexibility index (Phi) is 8.11. The zero-order chi connectivity index (χ0) is 18.3. The van der Waals surface area contributed by atoms with Crippen molar-refractivity contribution in [3.05, 3.63) is 0 Å². The number of carboxylic acids is 1. The van der Waals surface area contributed by atoms with Crippen molar-refractivity contribution in [2.24, 2.45) is 28.5 Å². The van der Waals surface area contributed by atoms with Crippen molar-refractivity contribution in [2.45, 2.75) is 38.0 Å². The first-order valence-electron chi connectivity index (χ1n) is 8.32. The van der Waals surface area contributed by atoms with Crippen LogP contribution in [0.5, 0.6) is 0 Å². The van der Waals surface area contributed by atoms with E-state index in [0.29, 0.717) is 32.2 Å². The maximum absolute atomic E-state index is 12.5. The average molecular weight is 344 g/mol. The van der Waals surface area contributed by atoms with Gasteiger partial charge in [-0.05, 0) is 38.0 Å². The molecule has 0 aromatic carbocycles. The van der Waals surface area contributed by atoms with Gasteiger partial charge in [0, 0.05) is 19.6 Å². The van der Waals surface area contributed by atoms with Gasteiger partial charge in [0.2, 0.25) is 5.91 Å². The van der Waals surface area contributed by atoms with E-state index in [2.05, 4.69) is 0 Å². The van der Waals surface area contributed by atoms with Crippen LogP contribution in [-0.2, 0) is 9.59 Å². The summed E-state index contributed by atoms with van der Waals surface area (Å²) >= 11 is 0. The average Bonchev–Trinajstić information content (AvgIpc) is 2.91. The van der Waals surface area contributed by atoms with Crippen LogP contribution in [0.1, 0.15) is 25.7 Å². The second-order valence-corrected chi connectivity index (χ2v) is 6.53. The smallest absolute Gasteiger partial charge is 0.451 e. The van der Waals surface area contributed by atoms with Crippen LogP contribution in [0.15, 0.2) is 0 Å². The molecule has 1 rings (SSSR count). The van der Waals surface area contributed by atoms with Crippen molar-refractivity contribution >= 4 is 19.0 Å². The first-order chi connectivity index (χ1) is 11.3. The Bertz CT molecular complexity index is 439. The summed E-state index contributed by atoms with van der Waals surface area (Å²) in [6.45, 7) is 0.645.